The standard InChI is InChI=1S/C23H27FN4O4S/c1-26(2)33(31,32)18-10-11-19-21(13-18)28(23(30)20-5-3-4-12-27(19)20)15-22(29)25-14-16-6-8-17(24)9-7-16/h6-11,13,20H,3-5,12,14-15H2,1-2H3,(H,25,29). The summed E-state index contributed by atoms with van der Waals surface area (Å²) < 4.78 is 39.6. The number of rotatable bonds is 6. The summed E-state index contributed by atoms with van der Waals surface area (Å²) in [6.45, 7) is 0.662. The Bertz CT molecular complexity index is 1170. The molecule has 2 aromatic carbocycles. The Morgan fingerprint density at radius 2 is 1.85 bits per heavy atom. The maximum absolute atomic E-state index is 13.4. The van der Waals surface area contributed by atoms with Gasteiger partial charge < -0.3 is 10.2 Å². The second-order valence-electron chi connectivity index (χ2n) is 8.47. The Balaban J connectivity index is 1.63. The summed E-state index contributed by atoms with van der Waals surface area (Å²) in [5, 5.41) is 2.76. The number of amides is 2. The first-order valence-corrected chi connectivity index (χ1v) is 12.3. The van der Waals surface area contributed by atoms with Gasteiger partial charge in [-0.1, -0.05) is 12.1 Å². The predicted molar refractivity (Wildman–Crippen MR) is 123 cm³/mol. The number of nitrogens with zero attached hydrogens (tertiary/aromatic N) is 3. The van der Waals surface area contributed by atoms with Crippen molar-refractivity contribution >= 4 is 33.2 Å². The number of hydrogen-bond donors (Lipinski definition) is 1. The van der Waals surface area contributed by atoms with Crippen LogP contribution in [0.3, 0.4) is 0 Å². The number of fused-ring (bicyclic) bond motifs is 3. The lowest BCUT2D eigenvalue weighted by Crippen LogP contribution is -2.57. The highest BCUT2D eigenvalue weighted by atomic mass is 32.2. The SMILES string of the molecule is CN(C)S(=O)(=O)c1ccc2c(c1)N(CC(=O)NCc1ccc(F)cc1)C(=O)C1CCCCN21. The molecule has 1 atom stereocenters. The number of carbonyl (C=O) groups excluding carboxylic acids is 2. The Hall–Kier alpha value is -2.98. The molecule has 0 bridgehead atoms. The van der Waals surface area contributed by atoms with Gasteiger partial charge in [-0.15, -0.1) is 0 Å². The Morgan fingerprint density at radius 1 is 1.12 bits per heavy atom. The molecule has 0 spiro atoms. The lowest BCUT2D eigenvalue weighted by molar-refractivity contribution is -0.125. The third-order valence-electron chi connectivity index (χ3n) is 6.08. The summed E-state index contributed by atoms with van der Waals surface area (Å²) in [6, 6.07) is 10.2. The Labute approximate surface area is 193 Å². The minimum atomic E-state index is -3.71. The zero-order valence-electron chi connectivity index (χ0n) is 18.6. The van der Waals surface area contributed by atoms with Gasteiger partial charge in [0.2, 0.25) is 21.8 Å². The second kappa shape index (κ2) is 9.11. The molecule has 2 aromatic rings. The number of sulfonamides is 1. The molecule has 0 radical (unpaired) electrons. The molecule has 2 aliphatic heterocycles. The number of halogens is 1. The number of hydrogen-bond acceptors (Lipinski definition) is 5. The predicted octanol–water partition coefficient (Wildman–Crippen LogP) is 2.10. The van der Waals surface area contributed by atoms with Crippen LogP contribution in [0.25, 0.3) is 0 Å². The molecule has 1 N–H and O–H groups in total. The number of piperidine rings is 1. The van der Waals surface area contributed by atoms with Gasteiger partial charge in [-0.25, -0.2) is 17.1 Å². The fraction of sp³-hybridized carbons (Fsp3) is 0.391. The summed E-state index contributed by atoms with van der Waals surface area (Å²) in [5.41, 5.74) is 1.90. The first-order valence-electron chi connectivity index (χ1n) is 10.8. The Morgan fingerprint density at radius 3 is 2.55 bits per heavy atom. The van der Waals surface area contributed by atoms with Crippen molar-refractivity contribution in [3.8, 4) is 0 Å². The quantitative estimate of drug-likeness (QED) is 0.693. The molecule has 2 amide bonds. The van der Waals surface area contributed by atoms with E-state index in [4.69, 9.17) is 0 Å². The van der Waals surface area contributed by atoms with Crippen LogP contribution < -0.4 is 15.1 Å². The third kappa shape index (κ3) is 4.58. The van der Waals surface area contributed by atoms with Gasteiger partial charge in [0.15, 0.2) is 0 Å². The van der Waals surface area contributed by atoms with Crippen molar-refractivity contribution in [1.29, 1.82) is 0 Å². The minimum Gasteiger partial charge on any atom is -0.358 e. The molecular weight excluding hydrogens is 447 g/mol. The van der Waals surface area contributed by atoms with Crippen LogP contribution in [0.4, 0.5) is 15.8 Å². The van der Waals surface area contributed by atoms with E-state index in [2.05, 4.69) is 5.32 Å². The topological polar surface area (TPSA) is 90.0 Å². The van der Waals surface area contributed by atoms with E-state index in [1.54, 1.807) is 24.3 Å². The van der Waals surface area contributed by atoms with Gasteiger partial charge in [-0.2, -0.15) is 0 Å². The zero-order valence-corrected chi connectivity index (χ0v) is 19.4. The molecule has 2 heterocycles. The number of benzene rings is 2. The van der Waals surface area contributed by atoms with Crippen LogP contribution in [0.15, 0.2) is 47.4 Å². The number of nitrogens with one attached hydrogen (secondary N) is 1. The van der Waals surface area contributed by atoms with E-state index in [0.29, 0.717) is 18.7 Å². The average Bonchev–Trinajstić information content (AvgIpc) is 2.81. The molecule has 0 aliphatic carbocycles. The van der Waals surface area contributed by atoms with E-state index in [1.807, 2.05) is 4.90 Å². The molecule has 10 heteroatoms. The van der Waals surface area contributed by atoms with Gasteiger partial charge in [-0.05, 0) is 55.2 Å². The number of carbonyl (C=O) groups is 2. The average molecular weight is 475 g/mol. The van der Waals surface area contributed by atoms with Crippen LogP contribution in [0.1, 0.15) is 24.8 Å². The van der Waals surface area contributed by atoms with Gasteiger partial charge in [0.05, 0.1) is 16.3 Å². The summed E-state index contributed by atoms with van der Waals surface area (Å²) in [5.74, 6) is -0.955. The highest BCUT2D eigenvalue weighted by Gasteiger charge is 2.40. The van der Waals surface area contributed by atoms with Crippen molar-refractivity contribution < 1.29 is 22.4 Å². The molecular formula is C23H27FN4O4S. The summed E-state index contributed by atoms with van der Waals surface area (Å²) in [4.78, 5) is 29.6. The van der Waals surface area contributed by atoms with Crippen LogP contribution in [-0.2, 0) is 26.2 Å². The van der Waals surface area contributed by atoms with Gasteiger partial charge >= 0.3 is 0 Å². The fourth-order valence-electron chi connectivity index (χ4n) is 4.27. The molecule has 8 nitrogen and oxygen atoms in total. The van der Waals surface area contributed by atoms with Crippen molar-refractivity contribution in [2.24, 2.45) is 0 Å². The molecule has 1 unspecified atom stereocenters. The maximum Gasteiger partial charge on any atom is 0.250 e. The van der Waals surface area contributed by atoms with Crippen LogP contribution in [0.2, 0.25) is 0 Å². The molecule has 0 aromatic heterocycles. The van der Waals surface area contributed by atoms with Crippen LogP contribution in [-0.4, -0.2) is 57.8 Å². The zero-order chi connectivity index (χ0) is 23.8. The van der Waals surface area contributed by atoms with E-state index >= 15 is 0 Å². The molecule has 176 valence electrons. The Kier molecular flexibility index (Phi) is 6.40. The van der Waals surface area contributed by atoms with Crippen LogP contribution >= 0.6 is 0 Å². The maximum atomic E-state index is 13.4. The number of anilines is 2. The van der Waals surface area contributed by atoms with Crippen molar-refractivity contribution in [2.75, 3.05) is 37.0 Å². The van der Waals surface area contributed by atoms with E-state index in [9.17, 15) is 22.4 Å². The molecule has 1 saturated heterocycles. The van der Waals surface area contributed by atoms with Crippen molar-refractivity contribution in [3.05, 3.63) is 53.8 Å². The van der Waals surface area contributed by atoms with Gasteiger partial charge in [0.25, 0.3) is 0 Å². The summed E-state index contributed by atoms with van der Waals surface area (Å²) >= 11 is 0. The molecule has 2 aliphatic rings. The summed E-state index contributed by atoms with van der Waals surface area (Å²) in [7, 11) is -0.822. The molecule has 33 heavy (non-hydrogen) atoms. The van der Waals surface area contributed by atoms with Crippen LogP contribution in [0, 0.1) is 5.82 Å². The fourth-order valence-corrected chi connectivity index (χ4v) is 5.20. The van der Waals surface area contributed by atoms with Gasteiger partial charge in [-0.3, -0.25) is 14.5 Å². The van der Waals surface area contributed by atoms with Crippen molar-refractivity contribution in [3.63, 3.8) is 0 Å². The first kappa shape index (κ1) is 23.2. The van der Waals surface area contributed by atoms with E-state index < -0.39 is 10.0 Å². The molecule has 0 saturated carbocycles. The van der Waals surface area contributed by atoms with Crippen LogP contribution in [0.5, 0.6) is 0 Å². The van der Waals surface area contributed by atoms with E-state index in [1.165, 1.54) is 37.2 Å². The lowest BCUT2D eigenvalue weighted by atomic mass is 9.96. The third-order valence-corrected chi connectivity index (χ3v) is 7.90. The van der Waals surface area contributed by atoms with Gasteiger partial charge in [0, 0.05) is 27.2 Å². The van der Waals surface area contributed by atoms with E-state index in [-0.39, 0.29) is 41.7 Å². The van der Waals surface area contributed by atoms with Gasteiger partial charge in [0.1, 0.15) is 18.4 Å². The monoisotopic (exact) mass is 474 g/mol. The van der Waals surface area contributed by atoms with Crippen molar-refractivity contribution in [1.82, 2.24) is 9.62 Å². The summed E-state index contributed by atoms with van der Waals surface area (Å²) in [6.07, 6.45) is 2.54. The first-order chi connectivity index (χ1) is 15.7. The smallest absolute Gasteiger partial charge is 0.250 e. The van der Waals surface area contributed by atoms with Crippen molar-refractivity contribution in [2.45, 2.75) is 36.7 Å². The highest BCUT2D eigenvalue weighted by molar-refractivity contribution is 7.89. The lowest BCUT2D eigenvalue weighted by Gasteiger charge is -2.45. The molecule has 4 rings (SSSR count). The largest absolute Gasteiger partial charge is 0.358 e. The molecule has 1 fully saturated rings. The second-order valence-corrected chi connectivity index (χ2v) is 10.6. The minimum absolute atomic E-state index is 0.0613. The van der Waals surface area contributed by atoms with E-state index in [0.717, 1.165) is 28.4 Å². The normalized spacial score (nSPS) is 18.2. The highest BCUT2D eigenvalue weighted by Crippen LogP contribution is 2.40.